The number of nitrogens with one attached hydrogen (secondary N) is 4. The fraction of sp³-hybridized carbons (Fsp3) is 0.400. The lowest BCUT2D eigenvalue weighted by Gasteiger charge is -2.22. The molecule has 1 fully saturated rings. The Bertz CT molecular complexity index is 967. The first-order valence-electron chi connectivity index (χ1n) is 11.3. The van der Waals surface area contributed by atoms with Crippen LogP contribution in [0, 0.1) is 6.92 Å². The van der Waals surface area contributed by atoms with Crippen molar-refractivity contribution >= 4 is 34.8 Å². The van der Waals surface area contributed by atoms with E-state index in [-0.39, 0.29) is 30.3 Å². The quantitative estimate of drug-likeness (QED) is 0.491. The van der Waals surface area contributed by atoms with Gasteiger partial charge in [-0.25, -0.2) is 0 Å². The zero-order chi connectivity index (χ0) is 22.9. The van der Waals surface area contributed by atoms with Gasteiger partial charge in [-0.2, -0.15) is 0 Å². The van der Waals surface area contributed by atoms with Crippen LogP contribution in [0.2, 0.25) is 0 Å². The third-order valence-corrected chi connectivity index (χ3v) is 5.63. The summed E-state index contributed by atoms with van der Waals surface area (Å²) in [7, 11) is 0. The van der Waals surface area contributed by atoms with Crippen LogP contribution in [-0.4, -0.2) is 30.3 Å². The van der Waals surface area contributed by atoms with Crippen LogP contribution in [0.25, 0.3) is 0 Å². The monoisotopic (exact) mass is 436 g/mol. The molecule has 3 amide bonds. The molecule has 0 aromatic heterocycles. The van der Waals surface area contributed by atoms with Gasteiger partial charge in [0, 0.05) is 35.1 Å². The van der Waals surface area contributed by atoms with Crippen molar-refractivity contribution in [2.24, 2.45) is 0 Å². The number of carbonyl (C=O) groups excluding carboxylic acids is 3. The van der Waals surface area contributed by atoms with Crippen molar-refractivity contribution in [1.29, 1.82) is 0 Å². The minimum Gasteiger partial charge on any atom is -0.376 e. The molecule has 0 bridgehead atoms. The average molecular weight is 437 g/mol. The van der Waals surface area contributed by atoms with Crippen molar-refractivity contribution in [3.05, 3.63) is 53.6 Å². The molecule has 7 nitrogen and oxygen atoms in total. The van der Waals surface area contributed by atoms with Gasteiger partial charge in [0.1, 0.15) is 0 Å². The molecule has 0 unspecified atom stereocenters. The second-order valence-electron chi connectivity index (χ2n) is 8.22. The normalized spacial score (nSPS) is 13.8. The molecule has 1 aliphatic rings. The number of aryl methyl sites for hydroxylation is 1. The first-order valence-corrected chi connectivity index (χ1v) is 11.3. The van der Waals surface area contributed by atoms with Crippen LogP contribution >= 0.6 is 0 Å². The third kappa shape index (κ3) is 6.83. The number of anilines is 3. The van der Waals surface area contributed by atoms with Crippen molar-refractivity contribution in [2.45, 2.75) is 58.4 Å². The predicted octanol–water partition coefficient (Wildman–Crippen LogP) is 4.46. The molecule has 0 spiro atoms. The Morgan fingerprint density at radius 2 is 1.69 bits per heavy atom. The van der Waals surface area contributed by atoms with Gasteiger partial charge in [0.05, 0.1) is 6.54 Å². The molecule has 0 saturated heterocycles. The van der Waals surface area contributed by atoms with E-state index in [1.165, 1.54) is 6.42 Å². The summed E-state index contributed by atoms with van der Waals surface area (Å²) in [5.41, 5.74) is 3.49. The lowest BCUT2D eigenvalue weighted by atomic mass is 9.95. The second kappa shape index (κ2) is 11.3. The first-order chi connectivity index (χ1) is 15.4. The Balaban J connectivity index is 1.53. The number of hydrogen-bond donors (Lipinski definition) is 4. The molecule has 4 N–H and O–H groups in total. The average Bonchev–Trinajstić information content (AvgIpc) is 2.80. The maximum absolute atomic E-state index is 12.6. The van der Waals surface area contributed by atoms with Gasteiger partial charge in [0.15, 0.2) is 0 Å². The smallest absolute Gasteiger partial charge is 0.251 e. The van der Waals surface area contributed by atoms with Gasteiger partial charge in [-0.15, -0.1) is 0 Å². The zero-order valence-corrected chi connectivity index (χ0v) is 18.8. The standard InChI is InChI=1S/C25H32N4O3/c1-3-23(30)29-22-15-21(13-12-17(22)2)27-24(31)16-26-20-11-7-8-18(14-20)25(32)28-19-9-5-4-6-10-19/h7-8,11-15,19,26H,3-6,9-10,16H2,1-2H3,(H,27,31)(H,28,32)(H,29,30). The van der Waals surface area contributed by atoms with E-state index in [2.05, 4.69) is 21.3 Å². The van der Waals surface area contributed by atoms with Gasteiger partial charge in [-0.05, 0) is 55.7 Å². The molecule has 2 aromatic rings. The maximum atomic E-state index is 12.6. The van der Waals surface area contributed by atoms with Crippen molar-refractivity contribution in [3.63, 3.8) is 0 Å². The molecule has 1 aliphatic carbocycles. The molecule has 32 heavy (non-hydrogen) atoms. The van der Waals surface area contributed by atoms with Crippen molar-refractivity contribution in [1.82, 2.24) is 5.32 Å². The largest absolute Gasteiger partial charge is 0.376 e. The highest BCUT2D eigenvalue weighted by Crippen LogP contribution is 2.21. The molecule has 0 atom stereocenters. The van der Waals surface area contributed by atoms with E-state index in [1.807, 2.05) is 19.1 Å². The predicted molar refractivity (Wildman–Crippen MR) is 128 cm³/mol. The highest BCUT2D eigenvalue weighted by atomic mass is 16.2. The van der Waals surface area contributed by atoms with Crippen LogP contribution < -0.4 is 21.3 Å². The Morgan fingerprint density at radius 3 is 2.44 bits per heavy atom. The minimum atomic E-state index is -0.223. The van der Waals surface area contributed by atoms with Crippen LogP contribution in [0.15, 0.2) is 42.5 Å². The SMILES string of the molecule is CCC(=O)Nc1cc(NC(=O)CNc2cccc(C(=O)NC3CCCCC3)c2)ccc1C. The number of benzene rings is 2. The third-order valence-electron chi connectivity index (χ3n) is 5.63. The van der Waals surface area contributed by atoms with Gasteiger partial charge >= 0.3 is 0 Å². The van der Waals surface area contributed by atoms with Crippen molar-refractivity contribution in [3.8, 4) is 0 Å². The summed E-state index contributed by atoms with van der Waals surface area (Å²) in [6.45, 7) is 3.74. The lowest BCUT2D eigenvalue weighted by molar-refractivity contribution is -0.116. The Kier molecular flexibility index (Phi) is 8.25. The molecule has 7 heteroatoms. The van der Waals surface area contributed by atoms with E-state index in [0.29, 0.717) is 29.0 Å². The van der Waals surface area contributed by atoms with E-state index >= 15 is 0 Å². The maximum Gasteiger partial charge on any atom is 0.251 e. The summed E-state index contributed by atoms with van der Waals surface area (Å²) in [5, 5.41) is 11.8. The summed E-state index contributed by atoms with van der Waals surface area (Å²) >= 11 is 0. The Morgan fingerprint density at radius 1 is 0.906 bits per heavy atom. The number of amides is 3. The van der Waals surface area contributed by atoms with Gasteiger partial charge in [-0.1, -0.05) is 38.3 Å². The summed E-state index contributed by atoms with van der Waals surface area (Å²) in [4.78, 5) is 36.6. The van der Waals surface area contributed by atoms with Crippen molar-refractivity contribution < 1.29 is 14.4 Å². The molecular formula is C25H32N4O3. The van der Waals surface area contributed by atoms with Gasteiger partial charge in [-0.3, -0.25) is 14.4 Å². The van der Waals surface area contributed by atoms with Crippen molar-refractivity contribution in [2.75, 3.05) is 22.5 Å². The first kappa shape index (κ1) is 23.3. The molecule has 0 aliphatic heterocycles. The topological polar surface area (TPSA) is 99.3 Å². The zero-order valence-electron chi connectivity index (χ0n) is 18.8. The van der Waals surface area contributed by atoms with Gasteiger partial charge in [0.25, 0.3) is 5.91 Å². The van der Waals surface area contributed by atoms with E-state index in [9.17, 15) is 14.4 Å². The lowest BCUT2D eigenvalue weighted by Crippen LogP contribution is -2.36. The number of rotatable bonds is 8. The Hall–Kier alpha value is -3.35. The summed E-state index contributed by atoms with van der Waals surface area (Å²) in [6, 6.07) is 12.8. The van der Waals surface area contributed by atoms with E-state index in [0.717, 1.165) is 31.2 Å². The van der Waals surface area contributed by atoms with E-state index in [4.69, 9.17) is 0 Å². The molecule has 0 heterocycles. The molecule has 3 rings (SSSR count). The molecule has 2 aromatic carbocycles. The van der Waals surface area contributed by atoms with Crippen LogP contribution in [0.5, 0.6) is 0 Å². The highest BCUT2D eigenvalue weighted by molar-refractivity contribution is 5.97. The highest BCUT2D eigenvalue weighted by Gasteiger charge is 2.17. The summed E-state index contributed by atoms with van der Waals surface area (Å²) in [5.74, 6) is -0.379. The Labute approximate surface area is 189 Å². The second-order valence-corrected chi connectivity index (χ2v) is 8.22. The number of hydrogen-bond acceptors (Lipinski definition) is 4. The number of carbonyl (C=O) groups is 3. The van der Waals surface area contributed by atoms with Crippen LogP contribution in [0.4, 0.5) is 17.1 Å². The molecule has 170 valence electrons. The molecule has 0 radical (unpaired) electrons. The van der Waals surface area contributed by atoms with Gasteiger partial charge < -0.3 is 21.3 Å². The fourth-order valence-electron chi connectivity index (χ4n) is 3.75. The summed E-state index contributed by atoms with van der Waals surface area (Å²) in [6.07, 6.45) is 6.02. The van der Waals surface area contributed by atoms with E-state index < -0.39 is 0 Å². The van der Waals surface area contributed by atoms with Crippen LogP contribution in [0.3, 0.4) is 0 Å². The van der Waals surface area contributed by atoms with E-state index in [1.54, 1.807) is 37.3 Å². The summed E-state index contributed by atoms with van der Waals surface area (Å²) < 4.78 is 0. The van der Waals surface area contributed by atoms with Crippen LogP contribution in [-0.2, 0) is 9.59 Å². The van der Waals surface area contributed by atoms with Gasteiger partial charge in [0.2, 0.25) is 11.8 Å². The minimum absolute atomic E-state index is 0.0538. The molecule has 1 saturated carbocycles. The van der Waals surface area contributed by atoms with Crippen LogP contribution in [0.1, 0.15) is 61.4 Å². The molecular weight excluding hydrogens is 404 g/mol. The fourth-order valence-corrected chi connectivity index (χ4v) is 3.75.